The first-order chi connectivity index (χ1) is 15.9. The minimum absolute atomic E-state index is 0.0809. The van der Waals surface area contributed by atoms with Gasteiger partial charge in [-0.15, -0.1) is 11.3 Å². The first kappa shape index (κ1) is 22.3. The van der Waals surface area contributed by atoms with Crippen molar-refractivity contribution in [2.75, 3.05) is 4.72 Å². The second-order valence-electron chi connectivity index (χ2n) is 6.93. The number of thiophene rings is 1. The highest BCUT2D eigenvalue weighted by Gasteiger charge is 2.19. The van der Waals surface area contributed by atoms with Gasteiger partial charge in [-0.1, -0.05) is 60.7 Å². The number of nitrogens with one attached hydrogen (secondary N) is 3. The Morgan fingerprint density at radius 3 is 2.21 bits per heavy atom. The van der Waals surface area contributed by atoms with Gasteiger partial charge in [0, 0.05) is 11.1 Å². The van der Waals surface area contributed by atoms with Crippen LogP contribution in [0.1, 0.15) is 20.0 Å². The molecule has 0 aliphatic rings. The van der Waals surface area contributed by atoms with E-state index in [4.69, 9.17) is 0 Å². The first-order valence-corrected chi connectivity index (χ1v) is 12.2. The van der Waals surface area contributed by atoms with Crippen molar-refractivity contribution in [3.05, 3.63) is 107 Å². The summed E-state index contributed by atoms with van der Waals surface area (Å²) in [5.41, 5.74) is 6.71. The monoisotopic (exact) mass is 477 g/mol. The maximum absolute atomic E-state index is 13.1. The summed E-state index contributed by atoms with van der Waals surface area (Å²) in [6.45, 7) is 0. The molecule has 1 aromatic heterocycles. The van der Waals surface area contributed by atoms with Gasteiger partial charge in [0.2, 0.25) is 0 Å². The summed E-state index contributed by atoms with van der Waals surface area (Å²) in [7, 11) is -3.98. The van der Waals surface area contributed by atoms with Crippen molar-refractivity contribution >= 4 is 38.9 Å². The van der Waals surface area contributed by atoms with Crippen LogP contribution in [0.5, 0.6) is 0 Å². The highest BCUT2D eigenvalue weighted by Crippen LogP contribution is 2.29. The molecule has 7 nitrogen and oxygen atoms in total. The number of benzene rings is 3. The molecule has 166 valence electrons. The molecule has 2 amide bonds. The van der Waals surface area contributed by atoms with Crippen molar-refractivity contribution in [3.63, 3.8) is 0 Å². The predicted octanol–water partition coefficient (Wildman–Crippen LogP) is 4.29. The van der Waals surface area contributed by atoms with Gasteiger partial charge in [0.25, 0.3) is 21.8 Å². The van der Waals surface area contributed by atoms with Crippen molar-refractivity contribution in [2.45, 2.75) is 4.90 Å². The molecule has 0 atom stereocenters. The summed E-state index contributed by atoms with van der Waals surface area (Å²) >= 11 is 1.23. The minimum atomic E-state index is -3.98. The molecule has 4 rings (SSSR count). The van der Waals surface area contributed by atoms with E-state index in [2.05, 4.69) is 15.6 Å². The average molecular weight is 478 g/mol. The van der Waals surface area contributed by atoms with E-state index in [-0.39, 0.29) is 10.5 Å². The molecule has 0 spiro atoms. The fourth-order valence-electron chi connectivity index (χ4n) is 3.10. The lowest BCUT2D eigenvalue weighted by molar-refractivity contribution is 0.0849. The Balaban J connectivity index is 1.52. The molecule has 1 heterocycles. The number of carbonyl (C=O) groups excluding carboxylic acids is 2. The third kappa shape index (κ3) is 5.28. The number of para-hydroxylation sites is 1. The molecular formula is C24H19N3O4S2. The summed E-state index contributed by atoms with van der Waals surface area (Å²) in [6, 6.07) is 25.4. The van der Waals surface area contributed by atoms with E-state index in [1.165, 1.54) is 35.6 Å². The van der Waals surface area contributed by atoms with Gasteiger partial charge in [0.05, 0.1) is 15.5 Å². The largest absolute Gasteiger partial charge is 0.279 e. The lowest BCUT2D eigenvalue weighted by Crippen LogP contribution is -2.41. The van der Waals surface area contributed by atoms with Crippen LogP contribution in [0.2, 0.25) is 0 Å². The van der Waals surface area contributed by atoms with Gasteiger partial charge < -0.3 is 0 Å². The highest BCUT2D eigenvalue weighted by molar-refractivity contribution is 7.92. The van der Waals surface area contributed by atoms with Crippen LogP contribution < -0.4 is 15.6 Å². The zero-order valence-electron chi connectivity index (χ0n) is 17.2. The topological polar surface area (TPSA) is 104 Å². The Kier molecular flexibility index (Phi) is 6.53. The molecule has 0 aliphatic carbocycles. The lowest BCUT2D eigenvalue weighted by Gasteiger charge is -2.13. The van der Waals surface area contributed by atoms with E-state index >= 15 is 0 Å². The quantitative estimate of drug-likeness (QED) is 0.360. The summed E-state index contributed by atoms with van der Waals surface area (Å²) in [5, 5.41) is 1.74. The van der Waals surface area contributed by atoms with Crippen LogP contribution >= 0.6 is 11.3 Å². The summed E-state index contributed by atoms with van der Waals surface area (Å²) in [6.07, 6.45) is 0. The number of carbonyl (C=O) groups is 2. The number of anilines is 1. The van der Waals surface area contributed by atoms with Crippen LogP contribution in [0.25, 0.3) is 11.1 Å². The molecule has 0 saturated heterocycles. The van der Waals surface area contributed by atoms with E-state index < -0.39 is 21.8 Å². The Morgan fingerprint density at radius 1 is 0.727 bits per heavy atom. The Hall–Kier alpha value is -3.95. The van der Waals surface area contributed by atoms with E-state index in [0.29, 0.717) is 10.6 Å². The fraction of sp³-hybridized carbons (Fsp3) is 0. The third-order valence-corrected chi connectivity index (χ3v) is 6.93. The van der Waals surface area contributed by atoms with Gasteiger partial charge in [-0.25, -0.2) is 8.42 Å². The Labute approximate surface area is 195 Å². The van der Waals surface area contributed by atoms with Crippen molar-refractivity contribution in [3.8, 4) is 11.1 Å². The van der Waals surface area contributed by atoms with E-state index in [9.17, 15) is 18.0 Å². The van der Waals surface area contributed by atoms with Crippen molar-refractivity contribution in [2.24, 2.45) is 0 Å². The van der Waals surface area contributed by atoms with E-state index in [0.717, 1.165) is 11.1 Å². The van der Waals surface area contributed by atoms with Gasteiger partial charge in [-0.05, 0) is 41.3 Å². The average Bonchev–Trinajstić information content (AvgIpc) is 3.38. The SMILES string of the molecule is O=C(NNC(=O)c1cccs1)c1cccc(S(=O)(=O)Nc2ccccc2-c2ccccc2)c1. The molecule has 33 heavy (non-hydrogen) atoms. The van der Waals surface area contributed by atoms with Crippen LogP contribution in [0.4, 0.5) is 5.69 Å². The normalized spacial score (nSPS) is 10.9. The van der Waals surface area contributed by atoms with Crippen LogP contribution in [-0.4, -0.2) is 20.2 Å². The number of hydrazine groups is 1. The summed E-state index contributed by atoms with van der Waals surface area (Å²) in [4.78, 5) is 24.8. The second kappa shape index (κ2) is 9.68. The molecule has 0 saturated carbocycles. The van der Waals surface area contributed by atoms with Crippen molar-refractivity contribution in [1.29, 1.82) is 0 Å². The number of hydrogen-bond acceptors (Lipinski definition) is 5. The standard InChI is InChI=1S/C24H19N3O4S2/c28-23(25-26-24(29)22-14-7-15-32-22)18-10-6-11-19(16-18)33(30,31)27-21-13-5-4-12-20(21)17-8-2-1-3-9-17/h1-16,27H,(H,25,28)(H,26,29). The molecule has 0 aliphatic heterocycles. The van der Waals surface area contributed by atoms with Crippen molar-refractivity contribution < 1.29 is 18.0 Å². The van der Waals surface area contributed by atoms with Crippen LogP contribution in [0.3, 0.4) is 0 Å². The minimum Gasteiger partial charge on any atom is -0.279 e. The number of hydrogen-bond donors (Lipinski definition) is 3. The second-order valence-corrected chi connectivity index (χ2v) is 9.56. The molecule has 0 unspecified atom stereocenters. The smallest absolute Gasteiger partial charge is 0.279 e. The fourth-order valence-corrected chi connectivity index (χ4v) is 4.85. The van der Waals surface area contributed by atoms with Crippen molar-refractivity contribution in [1.82, 2.24) is 10.9 Å². The summed E-state index contributed by atoms with van der Waals surface area (Å²) in [5.74, 6) is -1.09. The highest BCUT2D eigenvalue weighted by atomic mass is 32.2. The third-order valence-electron chi connectivity index (χ3n) is 4.70. The van der Waals surface area contributed by atoms with E-state index in [1.54, 1.807) is 29.6 Å². The van der Waals surface area contributed by atoms with Gasteiger partial charge in [-0.2, -0.15) is 0 Å². The zero-order chi connectivity index (χ0) is 23.3. The zero-order valence-corrected chi connectivity index (χ0v) is 18.8. The van der Waals surface area contributed by atoms with Crippen LogP contribution in [-0.2, 0) is 10.0 Å². The maximum Gasteiger partial charge on any atom is 0.279 e. The molecule has 0 radical (unpaired) electrons. The number of sulfonamides is 1. The lowest BCUT2D eigenvalue weighted by atomic mass is 10.0. The molecule has 4 aromatic rings. The van der Waals surface area contributed by atoms with E-state index in [1.807, 2.05) is 42.5 Å². The predicted molar refractivity (Wildman–Crippen MR) is 128 cm³/mol. The maximum atomic E-state index is 13.1. The van der Waals surface area contributed by atoms with Crippen LogP contribution in [0.15, 0.2) is 101 Å². The Bertz CT molecular complexity index is 1390. The van der Waals surface area contributed by atoms with Gasteiger partial charge in [0.15, 0.2) is 0 Å². The van der Waals surface area contributed by atoms with Gasteiger partial charge in [-0.3, -0.25) is 25.2 Å². The number of amides is 2. The molecule has 3 aromatic carbocycles. The number of rotatable bonds is 6. The van der Waals surface area contributed by atoms with Gasteiger partial charge in [0.1, 0.15) is 0 Å². The van der Waals surface area contributed by atoms with Crippen LogP contribution in [0, 0.1) is 0 Å². The molecule has 3 N–H and O–H groups in total. The molecule has 0 bridgehead atoms. The molecule has 0 fully saturated rings. The molecular weight excluding hydrogens is 458 g/mol. The Morgan fingerprint density at radius 2 is 1.45 bits per heavy atom. The summed E-state index contributed by atoms with van der Waals surface area (Å²) < 4.78 is 28.7. The molecule has 9 heteroatoms. The first-order valence-electron chi connectivity index (χ1n) is 9.85. The van der Waals surface area contributed by atoms with Gasteiger partial charge >= 0.3 is 0 Å².